The second kappa shape index (κ2) is 12.8. The zero-order valence-electron chi connectivity index (χ0n) is 29.5. The Morgan fingerprint density at radius 1 is 0.667 bits per heavy atom. The molecule has 260 valence electrons. The van der Waals surface area contributed by atoms with Crippen LogP contribution in [0.25, 0.3) is 0 Å². The Morgan fingerprint density at radius 2 is 1.12 bits per heavy atom. The molecular weight excluding hydrogens is 600 g/mol. The number of piperidine rings is 2. The Balaban J connectivity index is 0.963. The van der Waals surface area contributed by atoms with Crippen molar-refractivity contribution in [3.05, 3.63) is 58.7 Å². The Morgan fingerprint density at radius 3 is 1.56 bits per heavy atom. The van der Waals surface area contributed by atoms with Gasteiger partial charge in [0.2, 0.25) is 12.6 Å². The third-order valence-corrected chi connectivity index (χ3v) is 13.3. The molecule has 2 saturated carbocycles. The minimum atomic E-state index is -0.772. The van der Waals surface area contributed by atoms with E-state index in [1.54, 1.807) is 0 Å². The normalized spacial score (nSPS) is 33.0. The highest BCUT2D eigenvalue weighted by atomic mass is 16.8. The van der Waals surface area contributed by atoms with Crippen LogP contribution in [0.15, 0.2) is 36.4 Å². The zero-order valence-corrected chi connectivity index (χ0v) is 29.5. The number of benzene rings is 2. The van der Waals surface area contributed by atoms with Crippen molar-refractivity contribution in [2.24, 2.45) is 23.7 Å². The van der Waals surface area contributed by atoms with Crippen molar-refractivity contribution in [1.29, 1.82) is 0 Å². The number of ether oxygens (including phenoxy) is 4. The van der Waals surface area contributed by atoms with Gasteiger partial charge in [-0.3, -0.25) is 0 Å². The molecule has 4 fully saturated rings. The van der Waals surface area contributed by atoms with E-state index in [1.807, 2.05) is 27.7 Å². The number of carbonyl (C=O) groups excluding carboxylic acids is 1. The predicted molar refractivity (Wildman–Crippen MR) is 186 cm³/mol. The fraction of sp³-hybridized carbons (Fsp3) is 0.683. The molecule has 2 aromatic rings. The molecule has 2 aromatic carbocycles. The topological polar surface area (TPSA) is 78.1 Å². The van der Waals surface area contributed by atoms with Crippen molar-refractivity contribution in [2.45, 2.75) is 140 Å². The van der Waals surface area contributed by atoms with Gasteiger partial charge in [-0.2, -0.15) is 0 Å². The van der Waals surface area contributed by atoms with Crippen molar-refractivity contribution in [3.63, 3.8) is 0 Å². The van der Waals surface area contributed by atoms with Gasteiger partial charge < -0.3 is 29.6 Å². The number of hydrogen-bond acceptors (Lipinski definition) is 7. The van der Waals surface area contributed by atoms with Gasteiger partial charge in [0.25, 0.3) is 0 Å². The maximum absolute atomic E-state index is 13.4. The Kier molecular flexibility index (Phi) is 8.68. The third-order valence-electron chi connectivity index (χ3n) is 13.3. The van der Waals surface area contributed by atoms with Crippen LogP contribution in [0, 0.1) is 23.7 Å². The lowest BCUT2D eigenvalue weighted by Gasteiger charge is -2.56. The van der Waals surface area contributed by atoms with Gasteiger partial charge in [-0.15, -0.1) is 0 Å². The molecule has 8 atom stereocenters. The smallest absolute Gasteiger partial charge is 0.454 e. The lowest BCUT2D eigenvalue weighted by atomic mass is 9.53. The van der Waals surface area contributed by atoms with Crippen molar-refractivity contribution in [1.82, 2.24) is 10.6 Å². The third kappa shape index (κ3) is 5.61. The van der Waals surface area contributed by atoms with E-state index in [-0.39, 0.29) is 22.7 Å². The summed E-state index contributed by atoms with van der Waals surface area (Å²) in [5.74, 6) is 2.79. The van der Waals surface area contributed by atoms with E-state index in [0.717, 1.165) is 37.4 Å². The van der Waals surface area contributed by atoms with E-state index in [1.165, 1.54) is 86.5 Å². The van der Waals surface area contributed by atoms with Gasteiger partial charge >= 0.3 is 6.16 Å². The summed E-state index contributed by atoms with van der Waals surface area (Å²) < 4.78 is 24.7. The van der Waals surface area contributed by atoms with E-state index in [2.05, 4.69) is 47.0 Å². The molecule has 2 heterocycles. The van der Waals surface area contributed by atoms with Gasteiger partial charge in [-0.25, -0.2) is 4.79 Å². The van der Waals surface area contributed by atoms with Crippen molar-refractivity contribution in [2.75, 3.05) is 13.1 Å². The number of carbonyl (C=O) groups is 1. The largest absolute Gasteiger partial charge is 0.514 e. The molecule has 2 unspecified atom stereocenters. The molecule has 0 radical (unpaired) electrons. The lowest BCUT2D eigenvalue weighted by molar-refractivity contribution is -0.133. The van der Waals surface area contributed by atoms with E-state index >= 15 is 0 Å². The first kappa shape index (κ1) is 32.4. The number of nitrogens with one attached hydrogen (secondary N) is 2. The lowest BCUT2D eigenvalue weighted by Crippen LogP contribution is -2.59. The molecule has 0 aromatic heterocycles. The summed E-state index contributed by atoms with van der Waals surface area (Å²) in [4.78, 5) is 13.4. The summed E-state index contributed by atoms with van der Waals surface area (Å²) >= 11 is 0. The molecule has 0 amide bonds. The van der Waals surface area contributed by atoms with E-state index < -0.39 is 18.7 Å². The van der Waals surface area contributed by atoms with E-state index in [9.17, 15) is 4.79 Å². The standard InChI is InChI=1S/C41H56N2O5/c1-25(2)37(45-29-13-11-27-21-35-31-9-5-7-15-40(31,17-19-42-35)33(27)23-29)47-39(44)48-38(26(3)4)46-30-14-12-28-22-36-32-10-6-8-16-41(32,18-20-43-36)34(28)24-30/h11-14,23-26,31-32,35-38,42-43H,5-10,15-22H2,1-4H3/t31-,32-,35+,36+,37?,38?,40+,41+/m0/s1. The van der Waals surface area contributed by atoms with Crippen molar-refractivity contribution >= 4 is 6.16 Å². The summed E-state index contributed by atoms with van der Waals surface area (Å²) in [6.07, 6.45) is 12.6. The summed E-state index contributed by atoms with van der Waals surface area (Å²) in [6, 6.07) is 14.3. The summed E-state index contributed by atoms with van der Waals surface area (Å²) in [5, 5.41) is 7.65. The molecule has 2 N–H and O–H groups in total. The fourth-order valence-electron chi connectivity index (χ4n) is 11.0. The van der Waals surface area contributed by atoms with Crippen LogP contribution in [0.4, 0.5) is 4.79 Å². The van der Waals surface area contributed by atoms with Gasteiger partial charge in [-0.05, 0) is 123 Å². The van der Waals surface area contributed by atoms with E-state index in [4.69, 9.17) is 18.9 Å². The van der Waals surface area contributed by atoms with Crippen LogP contribution in [0.1, 0.15) is 114 Å². The molecule has 6 aliphatic rings. The molecule has 7 heteroatoms. The summed E-state index contributed by atoms with van der Waals surface area (Å²) in [5.41, 5.74) is 6.28. The van der Waals surface area contributed by atoms with Gasteiger partial charge in [0.1, 0.15) is 11.5 Å². The summed E-state index contributed by atoms with van der Waals surface area (Å²) in [7, 11) is 0. The predicted octanol–water partition coefficient (Wildman–Crippen LogP) is 7.95. The zero-order chi connectivity index (χ0) is 33.0. The maximum atomic E-state index is 13.4. The second-order valence-electron chi connectivity index (χ2n) is 16.6. The minimum Gasteiger partial charge on any atom is -0.454 e. The van der Waals surface area contributed by atoms with Crippen LogP contribution in [0.5, 0.6) is 11.5 Å². The quantitative estimate of drug-likeness (QED) is 0.221. The van der Waals surface area contributed by atoms with Gasteiger partial charge in [0.15, 0.2) is 0 Å². The molecule has 4 aliphatic carbocycles. The average molecular weight is 657 g/mol. The monoisotopic (exact) mass is 656 g/mol. The highest BCUT2D eigenvalue weighted by Gasteiger charge is 2.53. The molecule has 8 rings (SSSR count). The van der Waals surface area contributed by atoms with Crippen molar-refractivity contribution in [3.8, 4) is 11.5 Å². The highest BCUT2D eigenvalue weighted by molar-refractivity contribution is 5.60. The molecular formula is C41H56N2O5. The van der Waals surface area contributed by atoms with Gasteiger partial charge in [-0.1, -0.05) is 65.5 Å². The molecule has 2 saturated heterocycles. The van der Waals surface area contributed by atoms with Crippen LogP contribution < -0.4 is 20.1 Å². The first-order chi connectivity index (χ1) is 23.3. The second-order valence-corrected chi connectivity index (χ2v) is 16.6. The first-order valence-corrected chi connectivity index (χ1v) is 19.2. The number of fused-ring (bicyclic) bond motifs is 2. The van der Waals surface area contributed by atoms with Crippen LogP contribution in [-0.2, 0) is 33.1 Å². The number of hydrogen-bond donors (Lipinski definition) is 2. The summed E-state index contributed by atoms with van der Waals surface area (Å²) in [6.45, 7) is 10.2. The Bertz CT molecular complexity index is 1390. The van der Waals surface area contributed by atoms with Crippen LogP contribution in [-0.4, -0.2) is 43.9 Å². The Labute approximate surface area is 287 Å². The minimum absolute atomic E-state index is 0.0620. The molecule has 7 nitrogen and oxygen atoms in total. The van der Waals surface area contributed by atoms with Gasteiger partial charge in [0.05, 0.1) is 0 Å². The van der Waals surface area contributed by atoms with Crippen LogP contribution in [0.2, 0.25) is 0 Å². The molecule has 4 bridgehead atoms. The SMILES string of the molecule is CC(C)C(OC(=O)OC(Oc1ccc2c(c1)[C@@]13CCCC[C@H]1[C@@H](C2)NCC3)C(C)C)Oc1ccc2c(c1)[C@@]13CCCC[C@H]1[C@@H](C2)NCC3. The average Bonchev–Trinajstić information content (AvgIpc) is 3.08. The van der Waals surface area contributed by atoms with Crippen LogP contribution >= 0.6 is 0 Å². The maximum Gasteiger partial charge on any atom is 0.514 e. The molecule has 2 aliphatic heterocycles. The van der Waals surface area contributed by atoms with Gasteiger partial charge in [0, 0.05) is 34.7 Å². The first-order valence-electron chi connectivity index (χ1n) is 19.2. The van der Waals surface area contributed by atoms with Crippen molar-refractivity contribution < 1.29 is 23.7 Å². The highest BCUT2D eigenvalue weighted by Crippen LogP contribution is 2.55. The molecule has 0 spiro atoms. The Hall–Kier alpha value is -2.77. The van der Waals surface area contributed by atoms with Crippen LogP contribution in [0.3, 0.4) is 0 Å². The van der Waals surface area contributed by atoms with E-state index in [0.29, 0.717) is 23.9 Å². The fourth-order valence-corrected chi connectivity index (χ4v) is 11.0. The number of rotatable bonds is 8. The molecule has 48 heavy (non-hydrogen) atoms.